The van der Waals surface area contributed by atoms with E-state index in [0.29, 0.717) is 5.41 Å². The van der Waals surface area contributed by atoms with Crippen LogP contribution in [0.5, 0.6) is 0 Å². The molecule has 1 fully saturated rings. The third-order valence-electron chi connectivity index (χ3n) is 4.40. The summed E-state index contributed by atoms with van der Waals surface area (Å²) in [5, 5.41) is 0. The molecule has 0 bridgehead atoms. The van der Waals surface area contributed by atoms with Gasteiger partial charge in [0.1, 0.15) is 0 Å². The Hall–Kier alpha value is -0.730. The molecule has 94 valence electrons. The Morgan fingerprint density at radius 1 is 1.19 bits per heavy atom. The molecule has 1 saturated heterocycles. The minimum Gasteiger partial charge on any atom is -0.328 e. The van der Waals surface area contributed by atoms with Crippen LogP contribution in [-0.4, -0.2) is 42.5 Å². The van der Waals surface area contributed by atoms with Crippen LogP contribution in [0.3, 0.4) is 0 Å². The average molecular weight is 226 g/mol. The topological polar surface area (TPSA) is 23.6 Å². The second-order valence-electron chi connectivity index (χ2n) is 4.99. The molecule has 0 saturated carbocycles. The molecule has 0 aromatic rings. The highest BCUT2D eigenvalue weighted by molar-refractivity contribution is 5.74. The van der Waals surface area contributed by atoms with Crippen LogP contribution in [0.25, 0.3) is 0 Å². The van der Waals surface area contributed by atoms with Gasteiger partial charge in [-0.25, -0.2) is 4.79 Å². The zero-order valence-electron chi connectivity index (χ0n) is 11.3. The van der Waals surface area contributed by atoms with Crippen LogP contribution in [0.1, 0.15) is 46.5 Å². The van der Waals surface area contributed by atoms with Gasteiger partial charge in [0.25, 0.3) is 0 Å². The van der Waals surface area contributed by atoms with Crippen molar-refractivity contribution in [1.29, 1.82) is 0 Å². The lowest BCUT2D eigenvalue weighted by Gasteiger charge is -2.41. The Morgan fingerprint density at radius 2 is 1.69 bits per heavy atom. The summed E-state index contributed by atoms with van der Waals surface area (Å²) in [6, 6.07) is 0.198. The summed E-state index contributed by atoms with van der Waals surface area (Å²) in [6.07, 6.45) is 4.83. The smallest absolute Gasteiger partial charge is 0.319 e. The van der Waals surface area contributed by atoms with Gasteiger partial charge in [-0.1, -0.05) is 26.7 Å². The molecule has 0 unspecified atom stereocenters. The number of hydrogen-bond acceptors (Lipinski definition) is 1. The second-order valence-corrected chi connectivity index (χ2v) is 4.99. The van der Waals surface area contributed by atoms with Crippen LogP contribution < -0.4 is 0 Å². The third-order valence-corrected chi connectivity index (χ3v) is 4.40. The maximum atomic E-state index is 12.0. The number of hydrogen-bond donors (Lipinski definition) is 0. The highest BCUT2D eigenvalue weighted by Gasteiger charge is 2.33. The Labute approximate surface area is 99.8 Å². The molecule has 3 heteroatoms. The quantitative estimate of drug-likeness (QED) is 0.725. The Kier molecular flexibility index (Phi) is 4.63. The fourth-order valence-electron chi connectivity index (χ4n) is 2.51. The molecule has 1 aliphatic rings. The van der Waals surface area contributed by atoms with Crippen LogP contribution in [-0.2, 0) is 0 Å². The number of nitrogens with zero attached hydrogens (tertiary/aromatic N) is 2. The van der Waals surface area contributed by atoms with Crippen molar-refractivity contribution in [2.24, 2.45) is 5.41 Å². The van der Waals surface area contributed by atoms with E-state index in [1.807, 2.05) is 18.9 Å². The molecular weight excluding hydrogens is 200 g/mol. The fraction of sp³-hybridized carbons (Fsp3) is 0.923. The van der Waals surface area contributed by atoms with Gasteiger partial charge >= 0.3 is 6.03 Å². The summed E-state index contributed by atoms with van der Waals surface area (Å²) in [5.74, 6) is 0. The van der Waals surface area contributed by atoms with Crippen molar-refractivity contribution in [3.8, 4) is 0 Å². The Morgan fingerprint density at radius 3 is 2.06 bits per heavy atom. The summed E-state index contributed by atoms with van der Waals surface area (Å²) in [4.78, 5) is 15.8. The first-order chi connectivity index (χ1) is 7.58. The molecule has 16 heavy (non-hydrogen) atoms. The zero-order chi connectivity index (χ0) is 12.2. The molecule has 1 aliphatic heterocycles. The van der Waals surface area contributed by atoms with E-state index >= 15 is 0 Å². The number of carbonyl (C=O) groups is 1. The number of rotatable bonds is 3. The molecule has 0 atom stereocenters. The van der Waals surface area contributed by atoms with Crippen molar-refractivity contribution in [2.45, 2.75) is 46.5 Å². The summed E-state index contributed by atoms with van der Waals surface area (Å²) < 4.78 is 0. The predicted molar refractivity (Wildman–Crippen MR) is 67.5 cm³/mol. The van der Waals surface area contributed by atoms with Crippen molar-refractivity contribution in [3.63, 3.8) is 0 Å². The van der Waals surface area contributed by atoms with Crippen LogP contribution in [0.4, 0.5) is 4.79 Å². The maximum Gasteiger partial charge on any atom is 0.319 e. The van der Waals surface area contributed by atoms with Crippen molar-refractivity contribution in [1.82, 2.24) is 9.80 Å². The van der Waals surface area contributed by atoms with E-state index in [2.05, 4.69) is 13.8 Å². The van der Waals surface area contributed by atoms with Crippen molar-refractivity contribution in [3.05, 3.63) is 0 Å². The zero-order valence-corrected chi connectivity index (χ0v) is 11.3. The van der Waals surface area contributed by atoms with Crippen molar-refractivity contribution < 1.29 is 4.79 Å². The first-order valence-electron chi connectivity index (χ1n) is 6.58. The molecule has 0 N–H and O–H groups in total. The summed E-state index contributed by atoms with van der Waals surface area (Å²) >= 11 is 0. The van der Waals surface area contributed by atoms with E-state index in [1.54, 1.807) is 4.90 Å². The van der Waals surface area contributed by atoms with Gasteiger partial charge in [0.05, 0.1) is 0 Å². The monoisotopic (exact) mass is 226 g/mol. The fourth-order valence-corrected chi connectivity index (χ4v) is 2.51. The number of amides is 2. The molecule has 2 amide bonds. The standard InChI is InChI=1S/C13H26N2O/c1-5-13(6-2)8-10-15(11-9-13)12(16)14(4)7-3/h5-11H2,1-4H3. The Balaban J connectivity index is 2.51. The van der Waals surface area contributed by atoms with E-state index in [-0.39, 0.29) is 6.03 Å². The van der Waals surface area contributed by atoms with Gasteiger partial charge in [0.2, 0.25) is 0 Å². The van der Waals surface area contributed by atoms with E-state index < -0.39 is 0 Å². The normalized spacial score (nSPS) is 19.6. The minimum atomic E-state index is 0.198. The van der Waals surface area contributed by atoms with E-state index in [9.17, 15) is 4.79 Å². The number of urea groups is 1. The van der Waals surface area contributed by atoms with Gasteiger partial charge in [-0.05, 0) is 25.2 Å². The molecule has 0 aliphatic carbocycles. The number of piperidine rings is 1. The molecule has 1 rings (SSSR count). The largest absolute Gasteiger partial charge is 0.328 e. The highest BCUT2D eigenvalue weighted by Crippen LogP contribution is 2.37. The molecular formula is C13H26N2O. The van der Waals surface area contributed by atoms with Crippen LogP contribution >= 0.6 is 0 Å². The summed E-state index contributed by atoms with van der Waals surface area (Å²) in [5.41, 5.74) is 0.502. The molecule has 3 nitrogen and oxygen atoms in total. The first-order valence-corrected chi connectivity index (χ1v) is 6.58. The van der Waals surface area contributed by atoms with Gasteiger partial charge in [-0.3, -0.25) is 0 Å². The molecule has 0 radical (unpaired) electrons. The lowest BCUT2D eigenvalue weighted by molar-refractivity contribution is 0.0948. The predicted octanol–water partition coefficient (Wildman–Crippen LogP) is 2.96. The van der Waals surface area contributed by atoms with Gasteiger partial charge in [0.15, 0.2) is 0 Å². The lowest BCUT2D eigenvalue weighted by atomic mass is 9.74. The molecule has 1 heterocycles. The van der Waals surface area contributed by atoms with Gasteiger partial charge in [-0.15, -0.1) is 0 Å². The van der Waals surface area contributed by atoms with Gasteiger partial charge < -0.3 is 9.80 Å². The van der Waals surface area contributed by atoms with Crippen molar-refractivity contribution >= 4 is 6.03 Å². The molecule has 0 aromatic heterocycles. The second kappa shape index (κ2) is 5.55. The summed E-state index contributed by atoms with van der Waals surface area (Å²) in [6.45, 7) is 9.24. The van der Waals surface area contributed by atoms with Gasteiger partial charge in [0, 0.05) is 26.7 Å². The third kappa shape index (κ3) is 2.69. The van der Waals surface area contributed by atoms with E-state index in [0.717, 1.165) is 19.6 Å². The van der Waals surface area contributed by atoms with E-state index in [4.69, 9.17) is 0 Å². The summed E-state index contributed by atoms with van der Waals surface area (Å²) in [7, 11) is 1.88. The van der Waals surface area contributed by atoms with Crippen LogP contribution in [0.2, 0.25) is 0 Å². The Bertz CT molecular complexity index is 226. The first kappa shape index (κ1) is 13.3. The number of carbonyl (C=O) groups excluding carboxylic acids is 1. The number of likely N-dealkylation sites (tertiary alicyclic amines) is 1. The minimum absolute atomic E-state index is 0.198. The molecule has 0 aromatic carbocycles. The van der Waals surface area contributed by atoms with E-state index in [1.165, 1.54) is 25.7 Å². The van der Waals surface area contributed by atoms with Crippen molar-refractivity contribution in [2.75, 3.05) is 26.7 Å². The SMILES string of the molecule is CCN(C)C(=O)N1CCC(CC)(CC)CC1. The average Bonchev–Trinajstić information content (AvgIpc) is 2.37. The van der Waals surface area contributed by atoms with Crippen LogP contribution in [0.15, 0.2) is 0 Å². The lowest BCUT2D eigenvalue weighted by Crippen LogP contribution is -2.47. The molecule has 0 spiro atoms. The van der Waals surface area contributed by atoms with Crippen LogP contribution in [0, 0.1) is 5.41 Å². The van der Waals surface area contributed by atoms with Gasteiger partial charge in [-0.2, -0.15) is 0 Å². The maximum absolute atomic E-state index is 12.0. The highest BCUT2D eigenvalue weighted by atomic mass is 16.2.